The maximum absolute atomic E-state index is 12.0. The summed E-state index contributed by atoms with van der Waals surface area (Å²) in [6, 6.07) is 7.58. The molecule has 2 N–H and O–H groups in total. The number of aromatic nitrogens is 3. The van der Waals surface area contributed by atoms with Crippen molar-refractivity contribution in [1.82, 2.24) is 20.5 Å². The third kappa shape index (κ3) is 4.29. The zero-order valence-electron chi connectivity index (χ0n) is 12.4. The van der Waals surface area contributed by atoms with Crippen molar-refractivity contribution in [2.24, 2.45) is 0 Å². The molecule has 1 heterocycles. The number of hydrogen-bond donors (Lipinski definition) is 2. The minimum atomic E-state index is -0.274. The quantitative estimate of drug-likeness (QED) is 0.912. The molecule has 5 nitrogen and oxygen atoms in total. The Hall–Kier alpha value is -1.88. The van der Waals surface area contributed by atoms with Crippen LogP contribution in [0.3, 0.4) is 0 Å². The molecule has 2 rings (SSSR count). The van der Waals surface area contributed by atoms with E-state index < -0.39 is 0 Å². The highest BCUT2D eigenvalue weighted by atomic mass is 35.5. The normalized spacial score (nSPS) is 11.4. The third-order valence-electron chi connectivity index (χ3n) is 2.99. The highest BCUT2D eigenvalue weighted by molar-refractivity contribution is 6.30. The smallest absolute Gasteiger partial charge is 0.290 e. The SMILES string of the molecule is CC(C)(C)c1nc(C(=O)NCCc2cccc(Cl)c2)n[nH]1. The van der Waals surface area contributed by atoms with E-state index >= 15 is 0 Å². The second kappa shape index (κ2) is 6.26. The largest absolute Gasteiger partial charge is 0.349 e. The molecule has 1 aromatic heterocycles. The average Bonchev–Trinajstić information content (AvgIpc) is 2.88. The molecule has 21 heavy (non-hydrogen) atoms. The fraction of sp³-hybridized carbons (Fsp3) is 0.400. The predicted octanol–water partition coefficient (Wildman–Crippen LogP) is 2.73. The molecule has 0 fully saturated rings. The number of amides is 1. The Bertz CT molecular complexity index is 631. The van der Waals surface area contributed by atoms with Gasteiger partial charge in [-0.15, -0.1) is 5.10 Å². The first-order valence-corrected chi connectivity index (χ1v) is 7.19. The monoisotopic (exact) mass is 306 g/mol. The highest BCUT2D eigenvalue weighted by Gasteiger charge is 2.20. The molecule has 0 saturated heterocycles. The third-order valence-corrected chi connectivity index (χ3v) is 3.22. The van der Waals surface area contributed by atoms with Gasteiger partial charge in [0.1, 0.15) is 5.82 Å². The lowest BCUT2D eigenvalue weighted by molar-refractivity contribution is 0.0944. The Balaban J connectivity index is 1.89. The molecule has 0 unspecified atom stereocenters. The van der Waals surface area contributed by atoms with E-state index in [0.29, 0.717) is 23.8 Å². The fourth-order valence-electron chi connectivity index (χ4n) is 1.79. The van der Waals surface area contributed by atoms with E-state index in [0.717, 1.165) is 5.56 Å². The zero-order valence-corrected chi connectivity index (χ0v) is 13.2. The highest BCUT2D eigenvalue weighted by Crippen LogP contribution is 2.17. The van der Waals surface area contributed by atoms with Gasteiger partial charge in [0.05, 0.1) is 0 Å². The van der Waals surface area contributed by atoms with E-state index in [4.69, 9.17) is 11.6 Å². The van der Waals surface area contributed by atoms with Crippen molar-refractivity contribution < 1.29 is 4.79 Å². The molecular formula is C15H19ClN4O. The number of halogens is 1. The maximum Gasteiger partial charge on any atom is 0.290 e. The van der Waals surface area contributed by atoms with Gasteiger partial charge in [-0.2, -0.15) is 0 Å². The Morgan fingerprint density at radius 1 is 1.38 bits per heavy atom. The lowest BCUT2D eigenvalue weighted by atomic mass is 9.96. The number of rotatable bonds is 4. The number of hydrogen-bond acceptors (Lipinski definition) is 3. The Labute approximate surface area is 129 Å². The lowest BCUT2D eigenvalue weighted by Crippen LogP contribution is -2.27. The minimum absolute atomic E-state index is 0.160. The molecule has 0 aliphatic rings. The van der Waals surface area contributed by atoms with Crippen LogP contribution in [0.2, 0.25) is 5.02 Å². The molecular weight excluding hydrogens is 288 g/mol. The summed E-state index contributed by atoms with van der Waals surface area (Å²) in [5.41, 5.74) is 0.917. The fourth-order valence-corrected chi connectivity index (χ4v) is 2.00. The van der Waals surface area contributed by atoms with Crippen LogP contribution in [0.5, 0.6) is 0 Å². The van der Waals surface area contributed by atoms with Gasteiger partial charge in [0, 0.05) is 17.0 Å². The van der Waals surface area contributed by atoms with E-state index in [1.54, 1.807) is 0 Å². The number of aromatic amines is 1. The summed E-state index contributed by atoms with van der Waals surface area (Å²) < 4.78 is 0. The average molecular weight is 307 g/mol. The molecule has 0 atom stereocenters. The molecule has 6 heteroatoms. The summed E-state index contributed by atoms with van der Waals surface area (Å²) in [6.45, 7) is 6.54. The number of nitrogens with zero attached hydrogens (tertiary/aromatic N) is 2. The van der Waals surface area contributed by atoms with E-state index in [1.807, 2.05) is 45.0 Å². The van der Waals surface area contributed by atoms with Gasteiger partial charge < -0.3 is 5.32 Å². The van der Waals surface area contributed by atoms with Gasteiger partial charge in [-0.05, 0) is 24.1 Å². The molecule has 1 aromatic carbocycles. The Kier molecular flexibility index (Phi) is 4.63. The van der Waals surface area contributed by atoms with Gasteiger partial charge in [0.15, 0.2) is 0 Å². The molecule has 112 valence electrons. The Morgan fingerprint density at radius 2 is 2.14 bits per heavy atom. The van der Waals surface area contributed by atoms with E-state index in [1.165, 1.54) is 0 Å². The van der Waals surface area contributed by atoms with Crippen molar-refractivity contribution >= 4 is 17.5 Å². The van der Waals surface area contributed by atoms with Crippen LogP contribution < -0.4 is 5.32 Å². The summed E-state index contributed by atoms with van der Waals surface area (Å²) in [4.78, 5) is 16.2. The Morgan fingerprint density at radius 3 is 2.76 bits per heavy atom. The maximum atomic E-state index is 12.0. The van der Waals surface area contributed by atoms with Crippen molar-refractivity contribution in [2.45, 2.75) is 32.6 Å². The first-order chi connectivity index (χ1) is 9.86. The van der Waals surface area contributed by atoms with Crippen LogP contribution in [-0.2, 0) is 11.8 Å². The molecule has 0 radical (unpaired) electrons. The molecule has 2 aromatic rings. The van der Waals surface area contributed by atoms with Crippen molar-refractivity contribution in [2.75, 3.05) is 6.54 Å². The molecule has 0 aliphatic heterocycles. The van der Waals surface area contributed by atoms with Crippen LogP contribution in [0, 0.1) is 0 Å². The van der Waals surface area contributed by atoms with Crippen molar-refractivity contribution in [1.29, 1.82) is 0 Å². The van der Waals surface area contributed by atoms with E-state index in [9.17, 15) is 4.79 Å². The van der Waals surface area contributed by atoms with E-state index in [2.05, 4.69) is 20.5 Å². The van der Waals surface area contributed by atoms with E-state index in [-0.39, 0.29) is 17.1 Å². The van der Waals surface area contributed by atoms with Gasteiger partial charge in [-0.1, -0.05) is 44.5 Å². The molecule has 0 bridgehead atoms. The van der Waals surface area contributed by atoms with Crippen LogP contribution in [0.15, 0.2) is 24.3 Å². The van der Waals surface area contributed by atoms with Crippen molar-refractivity contribution in [3.05, 3.63) is 46.5 Å². The van der Waals surface area contributed by atoms with Crippen molar-refractivity contribution in [3.8, 4) is 0 Å². The topological polar surface area (TPSA) is 70.7 Å². The zero-order chi connectivity index (χ0) is 15.5. The van der Waals surface area contributed by atoms with Crippen molar-refractivity contribution in [3.63, 3.8) is 0 Å². The first-order valence-electron chi connectivity index (χ1n) is 6.82. The number of H-pyrrole nitrogens is 1. The summed E-state index contributed by atoms with van der Waals surface area (Å²) in [7, 11) is 0. The summed E-state index contributed by atoms with van der Waals surface area (Å²) in [5.74, 6) is 0.595. The number of carbonyl (C=O) groups is 1. The number of nitrogens with one attached hydrogen (secondary N) is 2. The number of benzene rings is 1. The lowest BCUT2D eigenvalue weighted by Gasteiger charge is -2.12. The standard InChI is InChI=1S/C15H19ClN4O/c1-15(2,3)14-18-12(19-20-14)13(21)17-8-7-10-5-4-6-11(16)9-10/h4-6,9H,7-8H2,1-3H3,(H,17,21)(H,18,19,20). The van der Waals surface area contributed by atoms with Crippen LogP contribution >= 0.6 is 11.6 Å². The van der Waals surface area contributed by atoms with Gasteiger partial charge in [0.25, 0.3) is 5.91 Å². The molecule has 0 aliphatic carbocycles. The van der Waals surface area contributed by atoms with Gasteiger partial charge in [-0.3, -0.25) is 9.89 Å². The van der Waals surface area contributed by atoms with Gasteiger partial charge in [0.2, 0.25) is 5.82 Å². The van der Waals surface area contributed by atoms with Crippen LogP contribution in [-0.4, -0.2) is 27.6 Å². The minimum Gasteiger partial charge on any atom is -0.349 e. The summed E-state index contributed by atoms with van der Waals surface area (Å²) >= 11 is 5.92. The van der Waals surface area contributed by atoms with Crippen LogP contribution in [0.1, 0.15) is 42.8 Å². The molecule has 1 amide bonds. The summed E-state index contributed by atoms with van der Waals surface area (Å²) in [5, 5.41) is 10.3. The molecule has 0 saturated carbocycles. The first kappa shape index (κ1) is 15.5. The second-order valence-electron chi connectivity index (χ2n) is 5.89. The predicted molar refractivity (Wildman–Crippen MR) is 82.6 cm³/mol. The summed E-state index contributed by atoms with van der Waals surface area (Å²) in [6.07, 6.45) is 0.711. The van der Waals surface area contributed by atoms with Gasteiger partial charge in [-0.25, -0.2) is 4.98 Å². The van der Waals surface area contributed by atoms with Crippen LogP contribution in [0.25, 0.3) is 0 Å². The second-order valence-corrected chi connectivity index (χ2v) is 6.33. The molecule has 0 spiro atoms. The van der Waals surface area contributed by atoms with Crippen LogP contribution in [0.4, 0.5) is 0 Å². The van der Waals surface area contributed by atoms with Gasteiger partial charge >= 0.3 is 0 Å². The number of carbonyl (C=O) groups excluding carboxylic acids is 1.